The predicted octanol–water partition coefficient (Wildman–Crippen LogP) is 6.57. The van der Waals surface area contributed by atoms with Crippen LogP contribution in [0.15, 0.2) is 108 Å². The number of nitrogens with one attached hydrogen (secondary N) is 1. The molecule has 0 saturated carbocycles. The molecule has 0 saturated heterocycles. The third-order valence-electron chi connectivity index (χ3n) is 6.70. The second-order valence-corrected chi connectivity index (χ2v) is 13.6. The van der Waals surface area contributed by atoms with Gasteiger partial charge >= 0.3 is 0 Å². The van der Waals surface area contributed by atoms with Gasteiger partial charge in [-0.15, -0.1) is 0 Å². The number of halogens is 3. The first-order valence-corrected chi connectivity index (χ1v) is 16.8. The van der Waals surface area contributed by atoms with Crippen molar-refractivity contribution in [1.29, 1.82) is 0 Å². The summed E-state index contributed by atoms with van der Waals surface area (Å²) in [6.07, 6.45) is 0.207. The van der Waals surface area contributed by atoms with E-state index < -0.39 is 28.5 Å². The van der Waals surface area contributed by atoms with Crippen LogP contribution in [0.5, 0.6) is 0 Å². The van der Waals surface area contributed by atoms with Gasteiger partial charge < -0.3 is 10.2 Å². The molecule has 1 N–H and O–H groups in total. The molecule has 0 fully saturated rings. The van der Waals surface area contributed by atoms with Crippen molar-refractivity contribution in [3.63, 3.8) is 0 Å². The molecule has 0 aliphatic carbocycles. The molecule has 43 heavy (non-hydrogen) atoms. The first kappa shape index (κ1) is 32.8. The fourth-order valence-corrected chi connectivity index (χ4v) is 6.80. The highest BCUT2D eigenvalue weighted by Gasteiger charge is 2.34. The van der Waals surface area contributed by atoms with Crippen LogP contribution in [0.1, 0.15) is 18.1 Å². The topological polar surface area (TPSA) is 86.8 Å². The van der Waals surface area contributed by atoms with Crippen LogP contribution in [-0.2, 0) is 32.6 Å². The Labute approximate surface area is 276 Å². The Bertz CT molecular complexity index is 1660. The van der Waals surface area contributed by atoms with Crippen molar-refractivity contribution in [3.05, 3.63) is 128 Å². The Balaban J connectivity index is 1.80. The van der Waals surface area contributed by atoms with E-state index in [9.17, 15) is 18.0 Å². The van der Waals surface area contributed by atoms with Gasteiger partial charge in [0.2, 0.25) is 11.8 Å². The van der Waals surface area contributed by atoms with Gasteiger partial charge in [0.1, 0.15) is 12.6 Å². The minimum absolute atomic E-state index is 0.0400. The lowest BCUT2D eigenvalue weighted by atomic mass is 10.0. The number of anilines is 1. The van der Waals surface area contributed by atoms with Crippen molar-refractivity contribution in [2.24, 2.45) is 0 Å². The monoisotopic (exact) mass is 749 g/mol. The average Bonchev–Trinajstić information content (AvgIpc) is 3.00. The molecule has 0 bridgehead atoms. The van der Waals surface area contributed by atoms with Crippen molar-refractivity contribution < 1.29 is 18.0 Å². The number of carbonyl (C=O) groups is 2. The first-order chi connectivity index (χ1) is 20.6. The molecule has 0 radical (unpaired) electrons. The van der Waals surface area contributed by atoms with E-state index in [-0.39, 0.29) is 23.8 Å². The fourth-order valence-electron chi connectivity index (χ4n) is 4.54. The van der Waals surface area contributed by atoms with E-state index in [1.165, 1.54) is 17.0 Å². The van der Waals surface area contributed by atoms with E-state index in [4.69, 9.17) is 23.2 Å². The highest BCUT2D eigenvalue weighted by atomic mass is 127. The Morgan fingerprint density at radius 1 is 0.884 bits per heavy atom. The van der Waals surface area contributed by atoms with Crippen LogP contribution < -0.4 is 9.62 Å². The molecular formula is C32H30Cl2IN3O4S. The minimum atomic E-state index is -4.16. The van der Waals surface area contributed by atoms with E-state index in [1.54, 1.807) is 67.6 Å². The van der Waals surface area contributed by atoms with Gasteiger partial charge in [-0.2, -0.15) is 0 Å². The summed E-state index contributed by atoms with van der Waals surface area (Å²) in [4.78, 5) is 29.3. The number of hydrogen-bond donors (Lipinski definition) is 1. The zero-order chi connectivity index (χ0) is 31.0. The molecule has 4 aromatic rings. The molecule has 0 unspecified atom stereocenters. The van der Waals surface area contributed by atoms with Gasteiger partial charge in [-0.3, -0.25) is 13.9 Å². The molecule has 0 spiro atoms. The van der Waals surface area contributed by atoms with Crippen molar-refractivity contribution in [2.75, 3.05) is 17.4 Å². The van der Waals surface area contributed by atoms with Gasteiger partial charge in [0.05, 0.1) is 10.6 Å². The van der Waals surface area contributed by atoms with Gasteiger partial charge in [0.25, 0.3) is 10.0 Å². The van der Waals surface area contributed by atoms with Crippen molar-refractivity contribution in [1.82, 2.24) is 10.2 Å². The van der Waals surface area contributed by atoms with Gasteiger partial charge in [0.15, 0.2) is 0 Å². The van der Waals surface area contributed by atoms with E-state index >= 15 is 0 Å². The lowest BCUT2D eigenvalue weighted by molar-refractivity contribution is -0.140. The summed E-state index contributed by atoms with van der Waals surface area (Å²) in [5.74, 6) is -0.937. The third kappa shape index (κ3) is 8.50. The second kappa shape index (κ2) is 15.1. The van der Waals surface area contributed by atoms with Crippen LogP contribution in [0.25, 0.3) is 0 Å². The molecule has 4 rings (SSSR count). The highest BCUT2D eigenvalue weighted by molar-refractivity contribution is 14.1. The number of amides is 2. The zero-order valence-corrected chi connectivity index (χ0v) is 27.8. The number of sulfonamides is 1. The van der Waals surface area contributed by atoms with Crippen molar-refractivity contribution >= 4 is 73.3 Å². The molecule has 224 valence electrons. The molecule has 0 aromatic heterocycles. The number of carbonyl (C=O) groups excluding carboxylic acids is 2. The summed E-state index contributed by atoms with van der Waals surface area (Å²) in [5, 5.41) is 3.59. The summed E-state index contributed by atoms with van der Waals surface area (Å²) in [7, 11) is -4.16. The summed E-state index contributed by atoms with van der Waals surface area (Å²) in [5.41, 5.74) is 1.72. The number of likely N-dealkylation sites (N-methyl/N-ethyl adjacent to an activating group) is 1. The Hall–Kier alpha value is -3.12. The highest BCUT2D eigenvalue weighted by Crippen LogP contribution is 2.27. The summed E-state index contributed by atoms with van der Waals surface area (Å²) in [6, 6.07) is 28.1. The lowest BCUT2D eigenvalue weighted by Gasteiger charge is -2.34. The van der Waals surface area contributed by atoms with Crippen LogP contribution in [0.3, 0.4) is 0 Å². The third-order valence-corrected chi connectivity index (χ3v) is 9.80. The van der Waals surface area contributed by atoms with E-state index in [0.717, 1.165) is 13.4 Å². The molecule has 0 aliphatic rings. The maximum atomic E-state index is 14.4. The molecular weight excluding hydrogens is 720 g/mol. The minimum Gasteiger partial charge on any atom is -0.355 e. The Kier molecular flexibility index (Phi) is 11.5. The van der Waals surface area contributed by atoms with Gasteiger partial charge in [0, 0.05) is 33.1 Å². The van der Waals surface area contributed by atoms with Crippen LogP contribution in [0.2, 0.25) is 10.0 Å². The largest absolute Gasteiger partial charge is 0.355 e. The van der Waals surface area contributed by atoms with Gasteiger partial charge in [-0.25, -0.2) is 8.42 Å². The first-order valence-electron chi connectivity index (χ1n) is 13.5. The Morgan fingerprint density at radius 2 is 1.51 bits per heavy atom. The zero-order valence-electron chi connectivity index (χ0n) is 23.3. The molecule has 2 amide bonds. The standard InChI is InChI=1S/C32H30Cl2IN3O4S/c1-2-36-32(40)30(19-23-9-5-3-6-10-23)37(21-24-13-14-25(33)20-29(24)34)31(39)22-38(27-17-15-26(35)16-18-27)43(41,42)28-11-7-4-8-12-28/h3-18,20,30H,2,19,21-22H2,1H3,(H,36,40)/t30-/m1/s1. The van der Waals surface area contributed by atoms with Crippen LogP contribution in [0.4, 0.5) is 5.69 Å². The summed E-state index contributed by atoms with van der Waals surface area (Å²) < 4.78 is 29.9. The second-order valence-electron chi connectivity index (χ2n) is 9.66. The predicted molar refractivity (Wildman–Crippen MR) is 180 cm³/mol. The van der Waals surface area contributed by atoms with Gasteiger partial charge in [-0.1, -0.05) is 77.8 Å². The van der Waals surface area contributed by atoms with E-state index in [2.05, 4.69) is 27.9 Å². The molecule has 0 heterocycles. The normalized spacial score (nSPS) is 11.9. The smallest absolute Gasteiger partial charge is 0.264 e. The SMILES string of the molecule is CCNC(=O)[C@@H](Cc1ccccc1)N(Cc1ccc(Cl)cc1Cl)C(=O)CN(c1ccc(I)cc1)S(=O)(=O)c1ccccc1. The Morgan fingerprint density at radius 3 is 2.12 bits per heavy atom. The van der Waals surface area contributed by atoms with Crippen LogP contribution in [-0.4, -0.2) is 44.3 Å². The quantitative estimate of drug-likeness (QED) is 0.166. The molecule has 7 nitrogen and oxygen atoms in total. The fraction of sp³-hybridized carbons (Fsp3) is 0.188. The van der Waals surface area contributed by atoms with Crippen molar-refractivity contribution in [2.45, 2.75) is 30.8 Å². The summed E-state index contributed by atoms with van der Waals surface area (Å²) in [6.45, 7) is 1.55. The number of hydrogen-bond acceptors (Lipinski definition) is 4. The summed E-state index contributed by atoms with van der Waals surface area (Å²) >= 11 is 14.8. The van der Waals surface area contributed by atoms with E-state index in [0.29, 0.717) is 27.8 Å². The lowest BCUT2D eigenvalue weighted by Crippen LogP contribution is -2.53. The van der Waals surface area contributed by atoms with Crippen molar-refractivity contribution in [3.8, 4) is 0 Å². The van der Waals surface area contributed by atoms with Gasteiger partial charge in [-0.05, 0) is 89.2 Å². The molecule has 11 heteroatoms. The maximum Gasteiger partial charge on any atom is 0.264 e. The number of benzene rings is 4. The molecule has 0 aliphatic heterocycles. The average molecular weight is 750 g/mol. The van der Waals surface area contributed by atoms with Crippen LogP contribution in [0, 0.1) is 3.57 Å². The molecule has 1 atom stereocenters. The number of nitrogens with zero attached hydrogens (tertiary/aromatic N) is 2. The molecule has 4 aromatic carbocycles. The maximum absolute atomic E-state index is 14.4. The van der Waals surface area contributed by atoms with E-state index in [1.807, 2.05) is 30.3 Å². The van der Waals surface area contributed by atoms with Crippen LogP contribution >= 0.6 is 45.8 Å². The number of rotatable bonds is 12.